The molecule has 408 valence electrons. The van der Waals surface area contributed by atoms with Crippen LogP contribution in [0.3, 0.4) is 0 Å². The van der Waals surface area contributed by atoms with E-state index in [-0.39, 0.29) is 0 Å². The molecule has 4 heterocycles. The van der Waals surface area contributed by atoms with E-state index in [0.29, 0.717) is 17.3 Å². The molecule has 87 heavy (non-hydrogen) atoms. The molecule has 0 aliphatic carbocycles. The highest BCUT2D eigenvalue weighted by Crippen LogP contribution is 2.44. The van der Waals surface area contributed by atoms with E-state index in [1.54, 1.807) is 0 Å². The summed E-state index contributed by atoms with van der Waals surface area (Å²) in [5, 5.41) is 0. The molecule has 4 aromatic heterocycles. The normalized spacial score (nSPS) is 11.4. The van der Waals surface area contributed by atoms with Crippen LogP contribution in [0.2, 0.25) is 0 Å². The Bertz CT molecular complexity index is 4530. The number of nitrogens with zero attached hydrogens (tertiary/aromatic N) is 6. The van der Waals surface area contributed by atoms with Gasteiger partial charge in [-0.3, -0.25) is 0 Å². The second-order valence-electron chi connectivity index (χ2n) is 22.0. The van der Waals surface area contributed by atoms with Crippen LogP contribution in [0.4, 0.5) is 0 Å². The first-order valence-electron chi connectivity index (χ1n) is 29.5. The molecule has 0 spiro atoms. The molecule has 16 aromatic rings. The molecule has 0 radical (unpaired) electrons. The van der Waals surface area contributed by atoms with Crippen LogP contribution in [0.15, 0.2) is 328 Å². The third-order valence-electron chi connectivity index (χ3n) is 16.8. The third kappa shape index (κ3) is 9.30. The van der Waals surface area contributed by atoms with Crippen LogP contribution >= 0.6 is 0 Å². The second kappa shape index (κ2) is 21.8. The van der Waals surface area contributed by atoms with Crippen molar-refractivity contribution in [3.63, 3.8) is 0 Å². The van der Waals surface area contributed by atoms with Gasteiger partial charge in [-0.15, -0.1) is 0 Å². The van der Waals surface area contributed by atoms with E-state index >= 15 is 0 Å². The van der Waals surface area contributed by atoms with Crippen molar-refractivity contribution < 1.29 is 0 Å². The van der Waals surface area contributed by atoms with Crippen LogP contribution in [0.1, 0.15) is 0 Å². The summed E-state index contributed by atoms with van der Waals surface area (Å²) in [5.74, 6) is 2.02. The number of fused-ring (bicyclic) bond motifs is 6. The first-order valence-corrected chi connectivity index (χ1v) is 29.5. The van der Waals surface area contributed by atoms with E-state index in [0.717, 1.165) is 134 Å². The molecule has 0 fully saturated rings. The van der Waals surface area contributed by atoms with Crippen LogP contribution in [-0.2, 0) is 0 Å². The van der Waals surface area contributed by atoms with Crippen LogP contribution in [0.25, 0.3) is 152 Å². The lowest BCUT2D eigenvalue weighted by molar-refractivity contribution is 0.986. The van der Waals surface area contributed by atoms with Crippen molar-refractivity contribution in [1.82, 2.24) is 28.2 Å². The molecule has 6 heteroatoms. The molecule has 0 saturated carbocycles. The highest BCUT2D eigenvalue weighted by atomic mass is 15.3. The van der Waals surface area contributed by atoms with Gasteiger partial charge in [0.1, 0.15) is 0 Å². The van der Waals surface area contributed by atoms with Gasteiger partial charge < -0.3 is 0 Å². The van der Waals surface area contributed by atoms with Crippen molar-refractivity contribution in [3.05, 3.63) is 328 Å². The van der Waals surface area contributed by atoms with E-state index in [2.05, 4.69) is 341 Å². The Balaban J connectivity index is 1.05. The predicted molar refractivity (Wildman–Crippen MR) is 358 cm³/mol. The number of benzene rings is 12. The fourth-order valence-electron chi connectivity index (χ4n) is 12.4. The van der Waals surface area contributed by atoms with Crippen LogP contribution in [-0.4, -0.2) is 28.2 Å². The average Bonchev–Trinajstić information content (AvgIpc) is 1.56. The van der Waals surface area contributed by atoms with Crippen LogP contribution < -0.4 is 0 Å². The predicted octanol–water partition coefficient (Wildman–Crippen LogP) is 20.6. The van der Waals surface area contributed by atoms with E-state index in [1.807, 2.05) is 0 Å². The lowest BCUT2D eigenvalue weighted by atomic mass is 9.99. The Labute approximate surface area is 504 Å². The summed E-state index contributed by atoms with van der Waals surface area (Å²) in [6.07, 6.45) is 0. The molecule has 0 saturated heterocycles. The van der Waals surface area contributed by atoms with Gasteiger partial charge >= 0.3 is 0 Å². The summed E-state index contributed by atoms with van der Waals surface area (Å²) in [6.45, 7) is 0. The molecule has 6 nitrogen and oxygen atoms in total. The molecule has 0 unspecified atom stereocenters. The highest BCUT2D eigenvalue weighted by molar-refractivity contribution is 5.93. The van der Waals surface area contributed by atoms with Gasteiger partial charge in [0, 0.05) is 33.4 Å². The minimum Gasteiger partial charge on any atom is -0.246 e. The molecule has 0 aliphatic heterocycles. The van der Waals surface area contributed by atoms with Crippen molar-refractivity contribution in [3.8, 4) is 134 Å². The first kappa shape index (κ1) is 51.0. The Morgan fingerprint density at radius 2 is 0.276 bits per heavy atom. The molecule has 0 bridgehead atoms. The zero-order chi connectivity index (χ0) is 57.6. The largest absolute Gasteiger partial charge is 0.246 e. The minimum atomic E-state index is 0.672. The lowest BCUT2D eigenvalue weighted by Gasteiger charge is -2.13. The maximum Gasteiger partial charge on any atom is 0.225 e. The topological polar surface area (TPSA) is 51.9 Å². The maximum absolute atomic E-state index is 5.94. The fraction of sp³-hybridized carbons (Fsp3) is 0. The standard InChI is InChI=1S/C81H54N6/c1-7-19-55(20-8-1)61-31-43-67(44-32-61)73-76(70-49-37-64(38-50-70)58-25-13-4-14-26-58)85-79(82-73)86-77(71-51-39-65(40-52-71)59-27-15-5-16-28-59)74(68-45-33-62(34-46-68)56-21-9-2-10-22-56)84-81(86)87-78(72-53-41-66(42-54-72)60-29-17-6-18-30-60)75(83-80(85)87)69-47-35-63(36-48-69)57-23-11-3-12-24-57/h1-54H. The van der Waals surface area contributed by atoms with Gasteiger partial charge in [-0.25, -0.2) is 28.2 Å². The van der Waals surface area contributed by atoms with Crippen molar-refractivity contribution in [2.75, 3.05) is 0 Å². The zero-order valence-electron chi connectivity index (χ0n) is 47.4. The fourth-order valence-corrected chi connectivity index (χ4v) is 12.4. The molecule has 0 atom stereocenters. The zero-order valence-corrected chi connectivity index (χ0v) is 47.4. The van der Waals surface area contributed by atoms with Gasteiger partial charge in [0.05, 0.1) is 34.2 Å². The molecule has 16 rings (SSSR count). The smallest absolute Gasteiger partial charge is 0.225 e. The van der Waals surface area contributed by atoms with Gasteiger partial charge in [0.15, 0.2) is 0 Å². The Hall–Kier alpha value is -11.7. The maximum atomic E-state index is 5.94. The summed E-state index contributed by atoms with van der Waals surface area (Å²) in [6, 6.07) is 117. The number of imidazole rings is 3. The van der Waals surface area contributed by atoms with E-state index in [9.17, 15) is 0 Å². The number of hydrogen-bond acceptors (Lipinski definition) is 3. The quantitative estimate of drug-likeness (QED) is 0.122. The van der Waals surface area contributed by atoms with Crippen LogP contribution in [0, 0.1) is 0 Å². The number of rotatable bonds is 12. The average molecular weight is 1110 g/mol. The summed E-state index contributed by atoms with van der Waals surface area (Å²) in [7, 11) is 0. The van der Waals surface area contributed by atoms with Gasteiger partial charge in [0.25, 0.3) is 0 Å². The molecule has 12 aromatic carbocycles. The highest BCUT2D eigenvalue weighted by Gasteiger charge is 2.31. The molecule has 0 amide bonds. The Kier molecular flexibility index (Phi) is 12.8. The summed E-state index contributed by atoms with van der Waals surface area (Å²) >= 11 is 0. The van der Waals surface area contributed by atoms with Crippen molar-refractivity contribution in [2.24, 2.45) is 0 Å². The van der Waals surface area contributed by atoms with E-state index in [4.69, 9.17) is 15.0 Å². The SMILES string of the molecule is c1ccc(-c2ccc(-c3nc4n(c3-c3ccc(-c5ccccc5)cc3)c3nc(-c5ccc(-c6ccccc6)cc5)c(-c5ccc(-c6ccccc6)cc5)n3c3nc(-c5ccc(-c6ccccc6)cc5)c(-c5ccc(-c6ccccc6)cc5)n43)cc2)cc1. The summed E-state index contributed by atoms with van der Waals surface area (Å²) < 4.78 is 6.88. The van der Waals surface area contributed by atoms with Crippen LogP contribution in [0.5, 0.6) is 0 Å². The molecule has 0 N–H and O–H groups in total. The van der Waals surface area contributed by atoms with Gasteiger partial charge in [0.2, 0.25) is 17.3 Å². The molecule has 0 aliphatic rings. The Morgan fingerprint density at radius 1 is 0.138 bits per heavy atom. The van der Waals surface area contributed by atoms with Crippen molar-refractivity contribution in [2.45, 2.75) is 0 Å². The van der Waals surface area contributed by atoms with Gasteiger partial charge in [-0.05, 0) is 66.8 Å². The Morgan fingerprint density at radius 3 is 0.448 bits per heavy atom. The third-order valence-corrected chi connectivity index (χ3v) is 16.8. The van der Waals surface area contributed by atoms with Gasteiger partial charge in [-0.1, -0.05) is 328 Å². The first-order chi connectivity index (χ1) is 43.1. The van der Waals surface area contributed by atoms with Crippen molar-refractivity contribution >= 4 is 17.3 Å². The molecular weight excluding hydrogens is 1060 g/mol. The number of aromatic nitrogens is 6. The summed E-state index contributed by atoms with van der Waals surface area (Å²) in [4.78, 5) is 17.8. The van der Waals surface area contributed by atoms with E-state index < -0.39 is 0 Å². The van der Waals surface area contributed by atoms with Crippen molar-refractivity contribution in [1.29, 1.82) is 0 Å². The monoisotopic (exact) mass is 1110 g/mol. The summed E-state index contributed by atoms with van der Waals surface area (Å²) in [5.41, 5.74) is 24.6. The molecular formula is C81H54N6. The van der Waals surface area contributed by atoms with E-state index in [1.165, 1.54) is 0 Å². The lowest BCUT2D eigenvalue weighted by Crippen LogP contribution is -2.07. The second-order valence-corrected chi connectivity index (χ2v) is 22.0. The van der Waals surface area contributed by atoms with Gasteiger partial charge in [-0.2, -0.15) is 0 Å². The number of hydrogen-bond donors (Lipinski definition) is 0. The minimum absolute atomic E-state index is 0.672.